The van der Waals surface area contributed by atoms with Crippen LogP contribution in [0.4, 0.5) is 0 Å². The average molecular weight is 289 g/mol. The van der Waals surface area contributed by atoms with Crippen molar-refractivity contribution in [2.45, 2.75) is 19.8 Å². The summed E-state index contributed by atoms with van der Waals surface area (Å²) in [7, 11) is 0. The fourth-order valence-corrected chi connectivity index (χ4v) is 2.24. The van der Waals surface area contributed by atoms with Crippen LogP contribution < -0.4 is 10.1 Å². The number of aliphatic carboxylic acids is 1. The van der Waals surface area contributed by atoms with Crippen LogP contribution in [0.5, 0.6) is 5.75 Å². The number of amides is 1. The Morgan fingerprint density at radius 1 is 1.38 bits per heavy atom. The summed E-state index contributed by atoms with van der Waals surface area (Å²) in [5.41, 5.74) is 1.37. The maximum Gasteiger partial charge on any atom is 0.308 e. The van der Waals surface area contributed by atoms with Gasteiger partial charge >= 0.3 is 5.97 Å². The summed E-state index contributed by atoms with van der Waals surface area (Å²) in [6, 6.07) is 7.47. The molecule has 1 amide bonds. The van der Waals surface area contributed by atoms with Crippen LogP contribution in [0, 0.1) is 5.92 Å². The quantitative estimate of drug-likeness (QED) is 0.840. The number of carboxylic acid groups (broad SMARTS) is 1. The zero-order valence-corrected chi connectivity index (χ0v) is 12.0. The van der Waals surface area contributed by atoms with E-state index >= 15 is 0 Å². The van der Waals surface area contributed by atoms with Crippen LogP contribution in [-0.4, -0.2) is 30.1 Å². The second kappa shape index (κ2) is 6.92. The van der Waals surface area contributed by atoms with Crippen molar-refractivity contribution in [2.75, 3.05) is 13.2 Å². The molecular weight excluding hydrogens is 270 g/mol. The first kappa shape index (κ1) is 15.1. The molecule has 0 saturated carbocycles. The third kappa shape index (κ3) is 3.84. The Kier molecular flexibility index (Phi) is 4.98. The van der Waals surface area contributed by atoms with Gasteiger partial charge in [-0.15, -0.1) is 0 Å². The Morgan fingerprint density at radius 3 is 2.86 bits per heavy atom. The summed E-state index contributed by atoms with van der Waals surface area (Å²) < 4.78 is 5.51. The van der Waals surface area contributed by atoms with Crippen molar-refractivity contribution in [1.82, 2.24) is 5.32 Å². The first-order chi connectivity index (χ1) is 10.1. The summed E-state index contributed by atoms with van der Waals surface area (Å²) in [5.74, 6) is -0.942. The minimum Gasteiger partial charge on any atom is -0.488 e. The molecule has 1 atom stereocenters. The summed E-state index contributed by atoms with van der Waals surface area (Å²) >= 11 is 0. The minimum absolute atomic E-state index is 0.140. The van der Waals surface area contributed by atoms with Crippen LogP contribution in [0.1, 0.15) is 25.3 Å². The van der Waals surface area contributed by atoms with Crippen LogP contribution in [0.15, 0.2) is 29.8 Å². The van der Waals surface area contributed by atoms with Crippen molar-refractivity contribution in [2.24, 2.45) is 5.92 Å². The first-order valence-corrected chi connectivity index (χ1v) is 7.05. The fourth-order valence-electron chi connectivity index (χ4n) is 2.24. The van der Waals surface area contributed by atoms with E-state index in [1.165, 1.54) is 0 Å². The predicted octanol–water partition coefficient (Wildman–Crippen LogP) is 2.08. The number of hydrogen-bond acceptors (Lipinski definition) is 3. The van der Waals surface area contributed by atoms with Crippen molar-refractivity contribution < 1.29 is 19.4 Å². The zero-order chi connectivity index (χ0) is 15.2. The van der Waals surface area contributed by atoms with Gasteiger partial charge in [0.1, 0.15) is 12.4 Å². The van der Waals surface area contributed by atoms with Crippen molar-refractivity contribution in [3.63, 3.8) is 0 Å². The van der Waals surface area contributed by atoms with Gasteiger partial charge < -0.3 is 15.2 Å². The number of nitrogens with one attached hydrogen (secondary N) is 1. The maximum atomic E-state index is 12.1. The molecule has 0 fully saturated rings. The van der Waals surface area contributed by atoms with Gasteiger partial charge in [-0.25, -0.2) is 0 Å². The van der Waals surface area contributed by atoms with Crippen LogP contribution in [0.3, 0.4) is 0 Å². The fraction of sp³-hybridized carbons (Fsp3) is 0.375. The molecule has 0 radical (unpaired) electrons. The lowest BCUT2D eigenvalue weighted by Gasteiger charge is -2.18. The molecule has 21 heavy (non-hydrogen) atoms. The predicted molar refractivity (Wildman–Crippen MR) is 79.0 cm³/mol. The third-order valence-electron chi connectivity index (χ3n) is 3.42. The second-order valence-electron chi connectivity index (χ2n) is 5.03. The number of fused-ring (bicyclic) bond motifs is 1. The number of carboxylic acids is 1. The summed E-state index contributed by atoms with van der Waals surface area (Å²) in [5, 5.41) is 11.7. The number of hydrogen-bond donors (Lipinski definition) is 2. The monoisotopic (exact) mass is 289 g/mol. The summed E-state index contributed by atoms with van der Waals surface area (Å²) in [4.78, 5) is 23.1. The molecule has 112 valence electrons. The minimum atomic E-state index is -0.878. The van der Waals surface area contributed by atoms with E-state index in [4.69, 9.17) is 9.84 Å². The highest BCUT2D eigenvalue weighted by Gasteiger charge is 2.20. The smallest absolute Gasteiger partial charge is 0.308 e. The third-order valence-corrected chi connectivity index (χ3v) is 3.42. The van der Waals surface area contributed by atoms with Crippen LogP contribution in [0.25, 0.3) is 6.08 Å². The Hall–Kier alpha value is -2.30. The SMILES string of the molecule is CCCC(CNC(=O)C1=Cc2ccccc2OC1)C(=O)O. The van der Waals surface area contributed by atoms with Gasteiger partial charge in [0.25, 0.3) is 5.91 Å². The Morgan fingerprint density at radius 2 is 2.14 bits per heavy atom. The molecule has 1 unspecified atom stereocenters. The number of rotatable bonds is 6. The van der Waals surface area contributed by atoms with Gasteiger partial charge in [-0.3, -0.25) is 9.59 Å². The average Bonchev–Trinajstić information content (AvgIpc) is 2.50. The van der Waals surface area contributed by atoms with E-state index in [1.54, 1.807) is 6.08 Å². The molecule has 5 heteroatoms. The standard InChI is InChI=1S/C16H19NO4/c1-2-5-12(16(19)20)9-17-15(18)13-8-11-6-3-4-7-14(11)21-10-13/h3-4,6-8,12H,2,5,9-10H2,1H3,(H,17,18)(H,19,20). The second-order valence-corrected chi connectivity index (χ2v) is 5.03. The van der Waals surface area contributed by atoms with Crippen molar-refractivity contribution in [3.05, 3.63) is 35.4 Å². The lowest BCUT2D eigenvalue weighted by molar-refractivity contribution is -0.141. The van der Waals surface area contributed by atoms with Crippen molar-refractivity contribution >= 4 is 18.0 Å². The van der Waals surface area contributed by atoms with Gasteiger partial charge in [0, 0.05) is 12.1 Å². The largest absolute Gasteiger partial charge is 0.488 e. The van der Waals surface area contributed by atoms with E-state index in [-0.39, 0.29) is 19.1 Å². The summed E-state index contributed by atoms with van der Waals surface area (Å²) in [6.45, 7) is 2.27. The normalized spacial score (nSPS) is 14.4. The zero-order valence-electron chi connectivity index (χ0n) is 12.0. The van der Waals surface area contributed by atoms with E-state index in [1.807, 2.05) is 31.2 Å². The van der Waals surface area contributed by atoms with E-state index in [0.717, 1.165) is 17.7 Å². The van der Waals surface area contributed by atoms with Gasteiger partial charge in [0.15, 0.2) is 0 Å². The van der Waals surface area contributed by atoms with Gasteiger partial charge in [-0.1, -0.05) is 31.5 Å². The highest BCUT2D eigenvalue weighted by molar-refractivity contribution is 5.99. The van der Waals surface area contributed by atoms with Crippen molar-refractivity contribution in [1.29, 1.82) is 0 Å². The van der Waals surface area contributed by atoms with Gasteiger partial charge in [-0.2, -0.15) is 0 Å². The Bertz CT molecular complexity index is 565. The number of benzene rings is 1. The molecule has 0 spiro atoms. The van der Waals surface area contributed by atoms with E-state index in [2.05, 4.69) is 5.32 Å². The molecule has 1 aromatic rings. The molecule has 1 aromatic carbocycles. The Balaban J connectivity index is 1.98. The van der Waals surface area contributed by atoms with E-state index in [9.17, 15) is 9.59 Å². The van der Waals surface area contributed by atoms with E-state index < -0.39 is 11.9 Å². The molecule has 0 aromatic heterocycles. The van der Waals surface area contributed by atoms with Gasteiger partial charge in [-0.05, 0) is 18.6 Å². The number of carbonyl (C=O) groups excluding carboxylic acids is 1. The first-order valence-electron chi connectivity index (χ1n) is 7.05. The lowest BCUT2D eigenvalue weighted by Crippen LogP contribution is -2.35. The molecule has 0 bridgehead atoms. The van der Waals surface area contributed by atoms with Gasteiger partial charge in [0.2, 0.25) is 0 Å². The maximum absolute atomic E-state index is 12.1. The van der Waals surface area contributed by atoms with Gasteiger partial charge in [0.05, 0.1) is 11.5 Å². The molecule has 2 N–H and O–H groups in total. The molecule has 5 nitrogen and oxygen atoms in total. The number of para-hydroxylation sites is 1. The van der Waals surface area contributed by atoms with Crippen LogP contribution in [-0.2, 0) is 9.59 Å². The molecule has 1 heterocycles. The molecule has 2 rings (SSSR count). The number of carbonyl (C=O) groups is 2. The molecular formula is C16H19NO4. The Labute approximate surface area is 123 Å². The summed E-state index contributed by atoms with van der Waals surface area (Å²) in [6.07, 6.45) is 3.10. The van der Waals surface area contributed by atoms with Crippen LogP contribution >= 0.6 is 0 Å². The van der Waals surface area contributed by atoms with Crippen molar-refractivity contribution in [3.8, 4) is 5.75 Å². The lowest BCUT2D eigenvalue weighted by atomic mass is 10.0. The highest BCUT2D eigenvalue weighted by atomic mass is 16.5. The molecule has 0 aliphatic carbocycles. The number of ether oxygens (including phenoxy) is 1. The van der Waals surface area contributed by atoms with Crippen LogP contribution in [0.2, 0.25) is 0 Å². The molecule has 0 saturated heterocycles. The molecule has 1 aliphatic rings. The van der Waals surface area contributed by atoms with E-state index in [0.29, 0.717) is 12.0 Å². The topological polar surface area (TPSA) is 75.6 Å². The molecule has 1 aliphatic heterocycles. The highest BCUT2D eigenvalue weighted by Crippen LogP contribution is 2.25.